The molecular formula is C13H20BrN3O. The quantitative estimate of drug-likeness (QED) is 0.747. The average Bonchev–Trinajstić information content (AvgIpc) is 2.36. The molecule has 0 aliphatic heterocycles. The number of hydrogen-bond acceptors (Lipinski definition) is 3. The summed E-state index contributed by atoms with van der Waals surface area (Å²) in [5.41, 5.74) is 12.2. The summed E-state index contributed by atoms with van der Waals surface area (Å²) >= 11 is 3.38. The highest BCUT2D eigenvalue weighted by Gasteiger charge is 2.15. The Morgan fingerprint density at radius 3 is 2.56 bits per heavy atom. The molecule has 4 nitrogen and oxygen atoms in total. The van der Waals surface area contributed by atoms with E-state index in [9.17, 15) is 4.79 Å². The highest BCUT2D eigenvalue weighted by molar-refractivity contribution is 9.10. The Morgan fingerprint density at radius 2 is 2.00 bits per heavy atom. The predicted octanol–water partition coefficient (Wildman–Crippen LogP) is 1.69. The number of nitrogens with two attached hydrogens (primary N) is 2. The van der Waals surface area contributed by atoms with Crippen molar-refractivity contribution in [3.8, 4) is 0 Å². The smallest absolute Gasteiger partial charge is 0.237 e. The second-order valence-electron chi connectivity index (χ2n) is 4.32. The second kappa shape index (κ2) is 7.51. The van der Waals surface area contributed by atoms with Crippen LogP contribution in [-0.2, 0) is 4.79 Å². The van der Waals surface area contributed by atoms with E-state index in [-0.39, 0.29) is 11.9 Å². The van der Waals surface area contributed by atoms with Crippen molar-refractivity contribution in [2.45, 2.75) is 31.8 Å². The molecule has 0 aliphatic rings. The predicted molar refractivity (Wildman–Crippen MR) is 77.0 cm³/mol. The summed E-state index contributed by atoms with van der Waals surface area (Å²) in [6.45, 7) is 2.50. The summed E-state index contributed by atoms with van der Waals surface area (Å²) in [4.78, 5) is 11.8. The normalized spacial score (nSPS) is 14.0. The molecule has 0 heterocycles. The minimum absolute atomic E-state index is 0.0467. The van der Waals surface area contributed by atoms with Gasteiger partial charge in [-0.1, -0.05) is 28.1 Å². The maximum atomic E-state index is 11.8. The van der Waals surface area contributed by atoms with Crippen LogP contribution in [0.5, 0.6) is 0 Å². The Labute approximate surface area is 116 Å². The van der Waals surface area contributed by atoms with Crippen molar-refractivity contribution in [3.63, 3.8) is 0 Å². The van der Waals surface area contributed by atoms with E-state index in [1.165, 1.54) is 0 Å². The Hall–Kier alpha value is -0.910. The second-order valence-corrected chi connectivity index (χ2v) is 5.23. The summed E-state index contributed by atoms with van der Waals surface area (Å²) in [5, 5.41) is 2.90. The lowest BCUT2D eigenvalue weighted by Crippen LogP contribution is -2.41. The first kappa shape index (κ1) is 15.1. The topological polar surface area (TPSA) is 81.1 Å². The fraction of sp³-hybridized carbons (Fsp3) is 0.462. The lowest BCUT2D eigenvalue weighted by Gasteiger charge is -2.17. The van der Waals surface area contributed by atoms with Crippen LogP contribution >= 0.6 is 15.9 Å². The number of halogens is 1. The van der Waals surface area contributed by atoms with E-state index in [1.807, 2.05) is 31.2 Å². The van der Waals surface area contributed by atoms with Gasteiger partial charge in [0.25, 0.3) is 0 Å². The van der Waals surface area contributed by atoms with Crippen molar-refractivity contribution in [1.82, 2.24) is 5.32 Å². The van der Waals surface area contributed by atoms with Gasteiger partial charge in [0.2, 0.25) is 5.91 Å². The van der Waals surface area contributed by atoms with E-state index in [0.717, 1.165) is 16.5 Å². The molecule has 0 saturated carbocycles. The molecule has 2 unspecified atom stereocenters. The van der Waals surface area contributed by atoms with Gasteiger partial charge in [-0.2, -0.15) is 0 Å². The van der Waals surface area contributed by atoms with Gasteiger partial charge in [-0.25, -0.2) is 0 Å². The number of nitrogens with one attached hydrogen (secondary N) is 1. The van der Waals surface area contributed by atoms with Crippen LogP contribution in [0.3, 0.4) is 0 Å². The average molecular weight is 314 g/mol. The number of hydrogen-bond donors (Lipinski definition) is 3. The highest BCUT2D eigenvalue weighted by Crippen LogP contribution is 2.16. The number of amides is 1. The fourth-order valence-electron chi connectivity index (χ4n) is 1.62. The van der Waals surface area contributed by atoms with E-state index in [0.29, 0.717) is 13.0 Å². The van der Waals surface area contributed by atoms with Crippen LogP contribution in [0.2, 0.25) is 0 Å². The number of benzene rings is 1. The lowest BCUT2D eigenvalue weighted by molar-refractivity contribution is -0.123. The van der Waals surface area contributed by atoms with Gasteiger partial charge in [0.1, 0.15) is 0 Å². The van der Waals surface area contributed by atoms with Gasteiger partial charge in [0.15, 0.2) is 0 Å². The van der Waals surface area contributed by atoms with Crippen molar-refractivity contribution in [1.29, 1.82) is 0 Å². The van der Waals surface area contributed by atoms with Crippen LogP contribution in [0.15, 0.2) is 28.7 Å². The van der Waals surface area contributed by atoms with Crippen LogP contribution in [0.1, 0.15) is 31.4 Å². The number of rotatable bonds is 6. The molecule has 2 atom stereocenters. The van der Waals surface area contributed by atoms with Gasteiger partial charge in [-0.05, 0) is 44.0 Å². The molecule has 100 valence electrons. The third-order valence-electron chi connectivity index (χ3n) is 2.78. The number of carbonyl (C=O) groups is 1. The van der Waals surface area contributed by atoms with Crippen LogP contribution in [0.25, 0.3) is 0 Å². The van der Waals surface area contributed by atoms with E-state index in [2.05, 4.69) is 21.2 Å². The lowest BCUT2D eigenvalue weighted by atomic mass is 10.1. The van der Waals surface area contributed by atoms with Crippen LogP contribution in [0, 0.1) is 0 Å². The molecule has 0 bridgehead atoms. The molecule has 0 spiro atoms. The van der Waals surface area contributed by atoms with Crippen LogP contribution in [-0.4, -0.2) is 18.5 Å². The highest BCUT2D eigenvalue weighted by atomic mass is 79.9. The van der Waals surface area contributed by atoms with Crippen LogP contribution < -0.4 is 16.8 Å². The fourth-order valence-corrected chi connectivity index (χ4v) is 1.89. The van der Waals surface area contributed by atoms with Crippen molar-refractivity contribution in [2.24, 2.45) is 11.5 Å². The van der Waals surface area contributed by atoms with Crippen molar-refractivity contribution in [3.05, 3.63) is 34.3 Å². The van der Waals surface area contributed by atoms with Crippen molar-refractivity contribution >= 4 is 21.8 Å². The maximum absolute atomic E-state index is 11.8. The Balaban J connectivity index is 2.51. The van der Waals surface area contributed by atoms with Gasteiger partial charge in [-0.3, -0.25) is 4.79 Å². The summed E-state index contributed by atoms with van der Waals surface area (Å²) in [7, 11) is 0. The van der Waals surface area contributed by atoms with E-state index in [4.69, 9.17) is 11.5 Å². The molecule has 0 aromatic heterocycles. The van der Waals surface area contributed by atoms with Crippen LogP contribution in [0.4, 0.5) is 0 Å². The summed E-state index contributed by atoms with van der Waals surface area (Å²) in [5.74, 6) is -0.126. The van der Waals surface area contributed by atoms with Gasteiger partial charge in [0, 0.05) is 4.47 Å². The Kier molecular flexibility index (Phi) is 6.32. The minimum Gasteiger partial charge on any atom is -0.348 e. The van der Waals surface area contributed by atoms with E-state index >= 15 is 0 Å². The molecule has 0 saturated heterocycles. The summed E-state index contributed by atoms with van der Waals surface area (Å²) in [6, 6.07) is 7.32. The van der Waals surface area contributed by atoms with Gasteiger partial charge in [-0.15, -0.1) is 0 Å². The Morgan fingerprint density at radius 1 is 1.39 bits per heavy atom. The SMILES string of the molecule is CC(NC(=O)C(N)CCCN)c1ccc(Br)cc1. The molecule has 0 fully saturated rings. The van der Waals surface area contributed by atoms with Crippen molar-refractivity contribution < 1.29 is 4.79 Å². The molecule has 0 aliphatic carbocycles. The number of carbonyl (C=O) groups excluding carboxylic acids is 1. The molecule has 1 rings (SSSR count). The minimum atomic E-state index is -0.480. The zero-order chi connectivity index (χ0) is 13.5. The molecule has 18 heavy (non-hydrogen) atoms. The first-order valence-electron chi connectivity index (χ1n) is 6.06. The molecule has 1 aromatic carbocycles. The molecule has 5 N–H and O–H groups in total. The maximum Gasteiger partial charge on any atom is 0.237 e. The molecule has 1 amide bonds. The zero-order valence-electron chi connectivity index (χ0n) is 10.5. The van der Waals surface area contributed by atoms with E-state index < -0.39 is 6.04 Å². The molecule has 1 aromatic rings. The zero-order valence-corrected chi connectivity index (χ0v) is 12.1. The third kappa shape index (κ3) is 4.76. The molecular weight excluding hydrogens is 294 g/mol. The summed E-state index contributed by atoms with van der Waals surface area (Å²) in [6.07, 6.45) is 1.39. The summed E-state index contributed by atoms with van der Waals surface area (Å²) < 4.78 is 1.02. The van der Waals surface area contributed by atoms with E-state index in [1.54, 1.807) is 0 Å². The monoisotopic (exact) mass is 313 g/mol. The molecule has 5 heteroatoms. The van der Waals surface area contributed by atoms with Crippen molar-refractivity contribution in [2.75, 3.05) is 6.54 Å². The largest absolute Gasteiger partial charge is 0.348 e. The standard InChI is InChI=1S/C13H20BrN3O/c1-9(10-4-6-11(14)7-5-10)17-13(18)12(16)3-2-8-15/h4-7,9,12H,2-3,8,15-16H2,1H3,(H,17,18). The first-order valence-corrected chi connectivity index (χ1v) is 6.85. The Bertz CT molecular complexity index is 380. The van der Waals surface area contributed by atoms with Gasteiger partial charge >= 0.3 is 0 Å². The van der Waals surface area contributed by atoms with Gasteiger partial charge < -0.3 is 16.8 Å². The van der Waals surface area contributed by atoms with Gasteiger partial charge in [0.05, 0.1) is 12.1 Å². The first-order chi connectivity index (χ1) is 8.54. The molecule has 0 radical (unpaired) electrons. The third-order valence-corrected chi connectivity index (χ3v) is 3.31.